The van der Waals surface area contributed by atoms with Crippen LogP contribution >= 0.6 is 0 Å². The first kappa shape index (κ1) is 15.5. The van der Waals surface area contributed by atoms with E-state index in [9.17, 15) is 4.79 Å². The zero-order valence-electron chi connectivity index (χ0n) is 12.3. The van der Waals surface area contributed by atoms with Crippen LogP contribution in [0, 0.1) is 17.3 Å². The lowest BCUT2D eigenvalue weighted by atomic mass is 9.84. The highest BCUT2D eigenvalue weighted by Crippen LogP contribution is 2.30. The molecule has 0 spiro atoms. The average Bonchev–Trinajstić information content (AvgIpc) is 2.70. The summed E-state index contributed by atoms with van der Waals surface area (Å²) in [5.74, 6) is 1.68. The monoisotopic (exact) mass is 254 g/mol. The van der Waals surface area contributed by atoms with Crippen molar-refractivity contribution in [3.63, 3.8) is 0 Å². The van der Waals surface area contributed by atoms with Crippen molar-refractivity contribution in [1.29, 1.82) is 0 Å². The van der Waals surface area contributed by atoms with Gasteiger partial charge in [0.05, 0.1) is 0 Å². The molecule has 2 unspecified atom stereocenters. The average molecular weight is 254 g/mol. The number of nitrogens with one attached hydrogen (secondary N) is 1. The Kier molecular flexibility index (Phi) is 6.13. The molecule has 0 aromatic heterocycles. The van der Waals surface area contributed by atoms with Crippen LogP contribution in [0.1, 0.15) is 59.3 Å². The zero-order chi connectivity index (χ0) is 13.6. The fraction of sp³-hybridized carbons (Fsp3) is 0.933. The Bertz CT molecular complexity index is 263. The lowest BCUT2D eigenvalue weighted by Crippen LogP contribution is -2.31. The van der Waals surface area contributed by atoms with E-state index in [0.717, 1.165) is 25.3 Å². The highest BCUT2D eigenvalue weighted by molar-refractivity contribution is 5.75. The first-order valence-electron chi connectivity index (χ1n) is 7.41. The number of hydrogen-bond acceptors (Lipinski definition) is 2. The quantitative estimate of drug-likeness (QED) is 0.734. The molecule has 3 heteroatoms. The molecule has 1 amide bonds. The standard InChI is InChI=1S/C15H30N2O/c1-12-5-4-6-13(12)11-17-14(18)7-8-15(2,3)9-10-16/h12-13H,4-11,16H2,1-3H3,(H,17,18). The van der Waals surface area contributed by atoms with Crippen LogP contribution in [0.5, 0.6) is 0 Å². The third-order valence-electron chi connectivity index (χ3n) is 4.45. The van der Waals surface area contributed by atoms with Gasteiger partial charge in [0.15, 0.2) is 0 Å². The second-order valence-corrected chi connectivity index (χ2v) is 6.68. The minimum absolute atomic E-state index is 0.187. The topological polar surface area (TPSA) is 55.1 Å². The summed E-state index contributed by atoms with van der Waals surface area (Å²) in [7, 11) is 0. The Morgan fingerprint density at radius 2 is 2.06 bits per heavy atom. The lowest BCUT2D eigenvalue weighted by Gasteiger charge is -2.23. The number of amides is 1. The molecule has 0 radical (unpaired) electrons. The van der Waals surface area contributed by atoms with Crippen LogP contribution in [-0.2, 0) is 4.79 Å². The van der Waals surface area contributed by atoms with E-state index in [-0.39, 0.29) is 11.3 Å². The molecule has 2 atom stereocenters. The van der Waals surface area contributed by atoms with Crippen molar-refractivity contribution < 1.29 is 4.79 Å². The molecule has 1 aliphatic rings. The van der Waals surface area contributed by atoms with E-state index in [1.165, 1.54) is 19.3 Å². The van der Waals surface area contributed by atoms with Gasteiger partial charge in [0.1, 0.15) is 0 Å². The predicted octanol–water partition coefficient (Wildman–Crippen LogP) is 2.69. The van der Waals surface area contributed by atoms with Crippen molar-refractivity contribution in [3.8, 4) is 0 Å². The molecule has 0 bridgehead atoms. The first-order chi connectivity index (χ1) is 8.44. The molecule has 1 rings (SSSR count). The molecule has 0 aliphatic heterocycles. The van der Waals surface area contributed by atoms with Crippen LogP contribution in [0.15, 0.2) is 0 Å². The van der Waals surface area contributed by atoms with Gasteiger partial charge in [-0.05, 0) is 43.1 Å². The van der Waals surface area contributed by atoms with Crippen molar-refractivity contribution in [3.05, 3.63) is 0 Å². The minimum Gasteiger partial charge on any atom is -0.356 e. The largest absolute Gasteiger partial charge is 0.356 e. The highest BCUT2D eigenvalue weighted by Gasteiger charge is 2.24. The van der Waals surface area contributed by atoms with Crippen LogP contribution < -0.4 is 11.1 Å². The first-order valence-corrected chi connectivity index (χ1v) is 7.41. The molecule has 0 saturated heterocycles. The van der Waals surface area contributed by atoms with Gasteiger partial charge < -0.3 is 11.1 Å². The molecule has 18 heavy (non-hydrogen) atoms. The van der Waals surface area contributed by atoms with Crippen LogP contribution in [-0.4, -0.2) is 19.0 Å². The number of nitrogens with two attached hydrogens (primary N) is 1. The van der Waals surface area contributed by atoms with Gasteiger partial charge in [-0.25, -0.2) is 0 Å². The maximum atomic E-state index is 11.8. The van der Waals surface area contributed by atoms with E-state index in [4.69, 9.17) is 5.73 Å². The molecule has 1 aliphatic carbocycles. The van der Waals surface area contributed by atoms with Gasteiger partial charge in [0.25, 0.3) is 0 Å². The molecule has 0 aromatic rings. The Hall–Kier alpha value is -0.570. The van der Waals surface area contributed by atoms with Gasteiger partial charge in [-0.3, -0.25) is 4.79 Å². The van der Waals surface area contributed by atoms with E-state index in [0.29, 0.717) is 18.9 Å². The fourth-order valence-corrected chi connectivity index (χ4v) is 2.83. The Labute approximate surface area is 112 Å². The van der Waals surface area contributed by atoms with Gasteiger partial charge in [-0.15, -0.1) is 0 Å². The molecule has 1 saturated carbocycles. The third kappa shape index (κ3) is 5.38. The van der Waals surface area contributed by atoms with Crippen LogP contribution in [0.25, 0.3) is 0 Å². The van der Waals surface area contributed by atoms with Crippen LogP contribution in [0.3, 0.4) is 0 Å². The molecule has 3 N–H and O–H groups in total. The summed E-state index contributed by atoms with van der Waals surface area (Å²) in [6, 6.07) is 0. The third-order valence-corrected chi connectivity index (χ3v) is 4.45. The van der Waals surface area contributed by atoms with E-state index in [2.05, 4.69) is 26.1 Å². The molecule has 0 aromatic carbocycles. The Balaban J connectivity index is 2.17. The summed E-state index contributed by atoms with van der Waals surface area (Å²) in [6.45, 7) is 8.25. The second kappa shape index (κ2) is 7.13. The maximum Gasteiger partial charge on any atom is 0.220 e. The smallest absolute Gasteiger partial charge is 0.220 e. The molecule has 3 nitrogen and oxygen atoms in total. The Morgan fingerprint density at radius 1 is 1.33 bits per heavy atom. The second-order valence-electron chi connectivity index (χ2n) is 6.68. The minimum atomic E-state index is 0.187. The van der Waals surface area contributed by atoms with Crippen molar-refractivity contribution in [1.82, 2.24) is 5.32 Å². The summed E-state index contributed by atoms with van der Waals surface area (Å²) in [4.78, 5) is 11.8. The van der Waals surface area contributed by atoms with Crippen LogP contribution in [0.2, 0.25) is 0 Å². The van der Waals surface area contributed by atoms with E-state index < -0.39 is 0 Å². The summed E-state index contributed by atoms with van der Waals surface area (Å²) in [5.41, 5.74) is 5.76. The lowest BCUT2D eigenvalue weighted by molar-refractivity contribution is -0.121. The van der Waals surface area contributed by atoms with E-state index >= 15 is 0 Å². The van der Waals surface area contributed by atoms with Gasteiger partial charge in [-0.2, -0.15) is 0 Å². The summed E-state index contributed by atoms with van der Waals surface area (Å²) in [6.07, 6.45) is 6.47. The van der Waals surface area contributed by atoms with Gasteiger partial charge in [0, 0.05) is 13.0 Å². The molecular weight excluding hydrogens is 224 g/mol. The van der Waals surface area contributed by atoms with Gasteiger partial charge in [0.2, 0.25) is 5.91 Å². The van der Waals surface area contributed by atoms with Gasteiger partial charge in [-0.1, -0.05) is 33.6 Å². The highest BCUT2D eigenvalue weighted by atomic mass is 16.1. The number of rotatable bonds is 7. The summed E-state index contributed by atoms with van der Waals surface area (Å²) >= 11 is 0. The molecule has 1 fully saturated rings. The SMILES string of the molecule is CC1CCCC1CNC(=O)CCC(C)(C)CCN. The number of carbonyl (C=O) groups is 1. The Morgan fingerprint density at radius 3 is 2.61 bits per heavy atom. The molecule has 0 heterocycles. The summed E-state index contributed by atoms with van der Waals surface area (Å²) < 4.78 is 0. The number of carbonyl (C=O) groups excluding carboxylic acids is 1. The van der Waals surface area contributed by atoms with Crippen LogP contribution in [0.4, 0.5) is 0 Å². The maximum absolute atomic E-state index is 11.8. The number of hydrogen-bond donors (Lipinski definition) is 2. The van der Waals surface area contributed by atoms with E-state index in [1.54, 1.807) is 0 Å². The van der Waals surface area contributed by atoms with E-state index in [1.807, 2.05) is 0 Å². The van der Waals surface area contributed by atoms with Gasteiger partial charge >= 0.3 is 0 Å². The molecular formula is C15H30N2O. The predicted molar refractivity (Wildman–Crippen MR) is 76.2 cm³/mol. The van der Waals surface area contributed by atoms with Crippen molar-refractivity contribution in [2.75, 3.05) is 13.1 Å². The van der Waals surface area contributed by atoms with Crippen molar-refractivity contribution in [2.45, 2.75) is 59.3 Å². The normalized spacial score (nSPS) is 24.2. The van der Waals surface area contributed by atoms with Crippen molar-refractivity contribution in [2.24, 2.45) is 23.0 Å². The summed E-state index contributed by atoms with van der Waals surface area (Å²) in [5, 5.41) is 3.10. The zero-order valence-corrected chi connectivity index (χ0v) is 12.3. The fourth-order valence-electron chi connectivity index (χ4n) is 2.83. The molecule has 106 valence electrons. The van der Waals surface area contributed by atoms with Crippen molar-refractivity contribution >= 4 is 5.91 Å².